The largest absolute Gasteiger partial charge is 0.369 e. The van der Waals surface area contributed by atoms with Gasteiger partial charge in [0.2, 0.25) is 11.8 Å². The van der Waals surface area contributed by atoms with E-state index < -0.39 is 0 Å². The van der Waals surface area contributed by atoms with Crippen molar-refractivity contribution in [1.29, 1.82) is 0 Å². The number of benzene rings is 1. The van der Waals surface area contributed by atoms with Crippen molar-refractivity contribution in [2.75, 3.05) is 6.54 Å². The number of nitrogens with two attached hydrogens (primary N) is 1. The predicted molar refractivity (Wildman–Crippen MR) is 63.9 cm³/mol. The molecule has 1 aliphatic rings. The molecule has 2 rings (SSSR count). The van der Waals surface area contributed by atoms with Gasteiger partial charge in [0.15, 0.2) is 0 Å². The molecule has 90 valence electrons. The van der Waals surface area contributed by atoms with Crippen LogP contribution >= 0.6 is 0 Å². The quantitative estimate of drug-likeness (QED) is 0.839. The summed E-state index contributed by atoms with van der Waals surface area (Å²) in [7, 11) is 0. The Bertz CT molecular complexity index is 456. The highest BCUT2D eigenvalue weighted by molar-refractivity contribution is 5.88. The number of likely N-dealkylation sites (tertiary alicyclic amines) is 1. The van der Waals surface area contributed by atoms with Crippen LogP contribution < -0.4 is 5.73 Å². The summed E-state index contributed by atoms with van der Waals surface area (Å²) >= 11 is 0. The highest BCUT2D eigenvalue weighted by Gasteiger charge is 2.32. The van der Waals surface area contributed by atoms with Gasteiger partial charge in [0.25, 0.3) is 0 Å². The molecule has 17 heavy (non-hydrogen) atoms. The van der Waals surface area contributed by atoms with Gasteiger partial charge in [-0.2, -0.15) is 0 Å². The number of aryl methyl sites for hydroxylation is 1. The topological polar surface area (TPSA) is 63.4 Å². The monoisotopic (exact) mass is 232 g/mol. The third kappa shape index (κ3) is 2.64. The first-order valence-corrected chi connectivity index (χ1v) is 5.69. The van der Waals surface area contributed by atoms with E-state index in [1.165, 1.54) is 5.56 Å². The lowest BCUT2D eigenvalue weighted by atomic mass is 10.1. The van der Waals surface area contributed by atoms with Crippen molar-refractivity contribution in [3.63, 3.8) is 0 Å². The molecule has 1 aromatic carbocycles. The average molecular weight is 232 g/mol. The fourth-order valence-corrected chi connectivity index (χ4v) is 2.15. The van der Waals surface area contributed by atoms with Gasteiger partial charge in [0, 0.05) is 19.5 Å². The zero-order valence-electron chi connectivity index (χ0n) is 9.85. The van der Waals surface area contributed by atoms with E-state index in [-0.39, 0.29) is 24.2 Å². The Kier molecular flexibility index (Phi) is 3.13. The van der Waals surface area contributed by atoms with Crippen molar-refractivity contribution in [3.8, 4) is 0 Å². The van der Waals surface area contributed by atoms with E-state index in [0.717, 1.165) is 5.56 Å². The van der Waals surface area contributed by atoms with Crippen LogP contribution in [0.3, 0.4) is 0 Å². The molecule has 1 heterocycles. The molecule has 1 saturated heterocycles. The average Bonchev–Trinajstić information content (AvgIpc) is 2.61. The Morgan fingerprint density at radius 2 is 2.29 bits per heavy atom. The number of rotatable bonds is 3. The Hall–Kier alpha value is -1.84. The van der Waals surface area contributed by atoms with Gasteiger partial charge in [0.1, 0.15) is 0 Å². The summed E-state index contributed by atoms with van der Waals surface area (Å²) in [6.45, 7) is 3.02. The van der Waals surface area contributed by atoms with Crippen LogP contribution in [-0.2, 0) is 16.1 Å². The number of nitrogens with zero attached hydrogens (tertiary/aromatic N) is 1. The molecule has 0 aromatic heterocycles. The van der Waals surface area contributed by atoms with Crippen LogP contribution in [0.2, 0.25) is 0 Å². The Balaban J connectivity index is 2.05. The fourth-order valence-electron chi connectivity index (χ4n) is 2.15. The Morgan fingerprint density at radius 3 is 2.88 bits per heavy atom. The molecule has 0 bridgehead atoms. The van der Waals surface area contributed by atoms with E-state index in [1.807, 2.05) is 31.2 Å². The lowest BCUT2D eigenvalue weighted by Crippen LogP contribution is -2.28. The fraction of sp³-hybridized carbons (Fsp3) is 0.385. The summed E-state index contributed by atoms with van der Waals surface area (Å²) in [5.41, 5.74) is 7.48. The van der Waals surface area contributed by atoms with Crippen LogP contribution in [0.1, 0.15) is 17.5 Å². The van der Waals surface area contributed by atoms with Gasteiger partial charge in [-0.05, 0) is 12.5 Å². The van der Waals surface area contributed by atoms with E-state index in [2.05, 4.69) is 0 Å². The molecule has 4 heteroatoms. The maximum atomic E-state index is 11.7. The molecule has 0 saturated carbocycles. The van der Waals surface area contributed by atoms with Gasteiger partial charge in [-0.3, -0.25) is 9.59 Å². The second-order valence-corrected chi connectivity index (χ2v) is 4.57. The van der Waals surface area contributed by atoms with E-state index in [4.69, 9.17) is 5.73 Å². The smallest absolute Gasteiger partial charge is 0.223 e. The lowest BCUT2D eigenvalue weighted by Gasteiger charge is -2.16. The van der Waals surface area contributed by atoms with Crippen molar-refractivity contribution in [2.24, 2.45) is 11.7 Å². The lowest BCUT2D eigenvalue weighted by molar-refractivity contribution is -0.128. The molecule has 0 radical (unpaired) electrons. The highest BCUT2D eigenvalue weighted by Crippen LogP contribution is 2.20. The minimum absolute atomic E-state index is 0.00954. The van der Waals surface area contributed by atoms with Gasteiger partial charge in [0.05, 0.1) is 5.92 Å². The van der Waals surface area contributed by atoms with Gasteiger partial charge >= 0.3 is 0 Å². The molecule has 2 amide bonds. The van der Waals surface area contributed by atoms with Gasteiger partial charge in [-0.25, -0.2) is 0 Å². The van der Waals surface area contributed by atoms with E-state index >= 15 is 0 Å². The van der Waals surface area contributed by atoms with Crippen molar-refractivity contribution in [3.05, 3.63) is 35.4 Å². The second kappa shape index (κ2) is 4.57. The standard InChI is InChI=1S/C13H16N2O2/c1-9-3-2-4-10(5-9)7-15-8-11(13(14)17)6-12(15)16/h2-5,11H,6-8H2,1H3,(H2,14,17)/t11-/m0/s1. The summed E-state index contributed by atoms with van der Waals surface area (Å²) in [6, 6.07) is 8.01. The van der Waals surface area contributed by atoms with Crippen LogP contribution in [0.15, 0.2) is 24.3 Å². The van der Waals surface area contributed by atoms with Gasteiger partial charge in [-0.1, -0.05) is 29.8 Å². The summed E-state index contributed by atoms with van der Waals surface area (Å²) in [6.07, 6.45) is 0.251. The summed E-state index contributed by atoms with van der Waals surface area (Å²) in [5.74, 6) is -0.701. The first-order valence-electron chi connectivity index (χ1n) is 5.69. The Labute approximate surface area is 100 Å². The zero-order valence-corrected chi connectivity index (χ0v) is 9.85. The maximum absolute atomic E-state index is 11.7. The third-order valence-corrected chi connectivity index (χ3v) is 3.07. The van der Waals surface area contributed by atoms with Crippen molar-refractivity contribution in [1.82, 2.24) is 4.90 Å². The SMILES string of the molecule is Cc1cccc(CN2C[C@@H](C(N)=O)CC2=O)c1. The van der Waals surface area contributed by atoms with Crippen molar-refractivity contribution >= 4 is 11.8 Å². The number of primary amides is 1. The minimum Gasteiger partial charge on any atom is -0.369 e. The minimum atomic E-state index is -0.384. The zero-order chi connectivity index (χ0) is 12.4. The molecule has 1 aliphatic heterocycles. The highest BCUT2D eigenvalue weighted by atomic mass is 16.2. The molecule has 2 N–H and O–H groups in total. The van der Waals surface area contributed by atoms with Crippen LogP contribution in [0, 0.1) is 12.8 Å². The van der Waals surface area contributed by atoms with Gasteiger partial charge < -0.3 is 10.6 Å². The maximum Gasteiger partial charge on any atom is 0.223 e. The normalized spacial score (nSPS) is 19.7. The van der Waals surface area contributed by atoms with E-state index in [0.29, 0.717) is 13.1 Å². The first-order chi connectivity index (χ1) is 8.06. The van der Waals surface area contributed by atoms with Crippen LogP contribution in [-0.4, -0.2) is 23.3 Å². The van der Waals surface area contributed by atoms with E-state index in [1.54, 1.807) is 4.90 Å². The van der Waals surface area contributed by atoms with Crippen LogP contribution in [0.25, 0.3) is 0 Å². The molecule has 1 fully saturated rings. The molecule has 1 atom stereocenters. The number of hydrogen-bond donors (Lipinski definition) is 1. The first kappa shape index (κ1) is 11.6. The molecule has 0 spiro atoms. The van der Waals surface area contributed by atoms with Crippen LogP contribution in [0.5, 0.6) is 0 Å². The number of amides is 2. The summed E-state index contributed by atoms with van der Waals surface area (Å²) in [5, 5.41) is 0. The predicted octanol–water partition coefficient (Wildman–Crippen LogP) is 0.829. The number of carbonyl (C=O) groups is 2. The summed E-state index contributed by atoms with van der Waals surface area (Å²) in [4.78, 5) is 24.4. The Morgan fingerprint density at radius 1 is 1.53 bits per heavy atom. The molecule has 4 nitrogen and oxygen atoms in total. The molecule has 1 aromatic rings. The third-order valence-electron chi connectivity index (χ3n) is 3.07. The molecular formula is C13H16N2O2. The molecule has 0 aliphatic carbocycles. The van der Waals surface area contributed by atoms with E-state index in [9.17, 15) is 9.59 Å². The van der Waals surface area contributed by atoms with Gasteiger partial charge in [-0.15, -0.1) is 0 Å². The molecular weight excluding hydrogens is 216 g/mol. The number of hydrogen-bond acceptors (Lipinski definition) is 2. The van der Waals surface area contributed by atoms with Crippen molar-refractivity contribution in [2.45, 2.75) is 19.9 Å². The van der Waals surface area contributed by atoms with Crippen LogP contribution in [0.4, 0.5) is 0 Å². The second-order valence-electron chi connectivity index (χ2n) is 4.57. The van der Waals surface area contributed by atoms with Crippen molar-refractivity contribution < 1.29 is 9.59 Å². The summed E-state index contributed by atoms with van der Waals surface area (Å²) < 4.78 is 0. The number of carbonyl (C=O) groups excluding carboxylic acids is 2. The molecule has 0 unspecified atom stereocenters.